The first kappa shape index (κ1) is 16.7. The first-order valence-electron chi connectivity index (χ1n) is 7.97. The van der Waals surface area contributed by atoms with Gasteiger partial charge in [0.25, 0.3) is 5.91 Å². The molecule has 0 bridgehead atoms. The first-order chi connectivity index (χ1) is 12.1. The van der Waals surface area contributed by atoms with E-state index in [2.05, 4.69) is 10.3 Å². The number of benzene rings is 2. The van der Waals surface area contributed by atoms with Crippen LogP contribution in [0.25, 0.3) is 11.1 Å². The number of aryl methyl sites for hydroxylation is 2. The van der Waals surface area contributed by atoms with Gasteiger partial charge in [-0.2, -0.15) is 0 Å². The summed E-state index contributed by atoms with van der Waals surface area (Å²) in [6.45, 7) is 3.59. The molecule has 6 heteroatoms. The normalized spacial score (nSPS) is 10.6. The Kier molecular flexibility index (Phi) is 4.79. The highest BCUT2D eigenvalue weighted by molar-refractivity contribution is 5.97. The minimum atomic E-state index is -0.589. The third-order valence-electron chi connectivity index (χ3n) is 3.91. The molecule has 0 aliphatic carbocycles. The van der Waals surface area contributed by atoms with Crippen molar-refractivity contribution in [3.63, 3.8) is 0 Å². The Morgan fingerprint density at radius 2 is 2.08 bits per heavy atom. The molecular weight excluding hydrogens is 320 g/mol. The van der Waals surface area contributed by atoms with Crippen LogP contribution in [0.1, 0.15) is 28.4 Å². The minimum absolute atomic E-state index is 0.308. The molecule has 25 heavy (non-hydrogen) atoms. The van der Waals surface area contributed by atoms with Crippen LogP contribution >= 0.6 is 0 Å². The van der Waals surface area contributed by atoms with Crippen molar-refractivity contribution in [2.75, 3.05) is 11.9 Å². The van der Waals surface area contributed by atoms with Gasteiger partial charge in [0, 0.05) is 5.69 Å². The third kappa shape index (κ3) is 3.68. The largest absolute Gasteiger partial charge is 0.452 e. The topological polar surface area (TPSA) is 81.4 Å². The van der Waals surface area contributed by atoms with E-state index in [1.807, 2.05) is 32.0 Å². The molecule has 0 atom stereocenters. The van der Waals surface area contributed by atoms with Crippen LogP contribution in [-0.4, -0.2) is 23.5 Å². The molecule has 3 rings (SSSR count). The molecule has 128 valence electrons. The Balaban J connectivity index is 1.63. The first-order valence-corrected chi connectivity index (χ1v) is 7.97. The predicted molar refractivity (Wildman–Crippen MR) is 93.5 cm³/mol. The maximum Gasteiger partial charge on any atom is 0.338 e. The molecule has 0 spiro atoms. The number of fused-ring (bicyclic) bond motifs is 1. The SMILES string of the molecule is CCc1cccc(C)c1NC(=O)COC(=O)c1ccc2ncoc2c1. The Morgan fingerprint density at radius 3 is 2.88 bits per heavy atom. The number of hydrogen-bond donors (Lipinski definition) is 1. The fourth-order valence-corrected chi connectivity index (χ4v) is 2.57. The molecule has 0 aliphatic heterocycles. The van der Waals surface area contributed by atoms with Crippen LogP contribution in [-0.2, 0) is 16.0 Å². The van der Waals surface area contributed by atoms with E-state index in [-0.39, 0.29) is 12.5 Å². The highest BCUT2D eigenvalue weighted by Crippen LogP contribution is 2.21. The maximum absolute atomic E-state index is 12.1. The Morgan fingerprint density at radius 1 is 1.24 bits per heavy atom. The second kappa shape index (κ2) is 7.17. The maximum atomic E-state index is 12.1. The molecule has 0 saturated carbocycles. The standard InChI is InChI=1S/C19H18N2O4/c1-3-13-6-4-5-12(2)18(13)21-17(22)10-24-19(23)14-7-8-15-16(9-14)25-11-20-15/h4-9,11H,3,10H2,1-2H3,(H,21,22). The van der Waals surface area contributed by atoms with Gasteiger partial charge in [-0.25, -0.2) is 9.78 Å². The highest BCUT2D eigenvalue weighted by Gasteiger charge is 2.14. The zero-order valence-corrected chi connectivity index (χ0v) is 14.0. The summed E-state index contributed by atoms with van der Waals surface area (Å²) in [6, 6.07) is 10.6. The monoisotopic (exact) mass is 338 g/mol. The molecule has 0 aliphatic rings. The lowest BCUT2D eigenvalue weighted by Gasteiger charge is -2.13. The summed E-state index contributed by atoms with van der Waals surface area (Å²) in [5, 5.41) is 2.82. The van der Waals surface area contributed by atoms with Gasteiger partial charge in [0.1, 0.15) is 5.52 Å². The molecule has 0 fully saturated rings. The van der Waals surface area contributed by atoms with Crippen molar-refractivity contribution >= 4 is 28.7 Å². The van der Waals surface area contributed by atoms with Gasteiger partial charge >= 0.3 is 5.97 Å². The number of carbonyl (C=O) groups is 2. The lowest BCUT2D eigenvalue weighted by molar-refractivity contribution is -0.119. The summed E-state index contributed by atoms with van der Waals surface area (Å²) >= 11 is 0. The van der Waals surface area contributed by atoms with Gasteiger partial charge in [0.2, 0.25) is 0 Å². The molecule has 0 radical (unpaired) electrons. The lowest BCUT2D eigenvalue weighted by Crippen LogP contribution is -2.22. The highest BCUT2D eigenvalue weighted by atomic mass is 16.5. The second-order valence-corrected chi connectivity index (χ2v) is 5.62. The predicted octanol–water partition coefficient (Wildman–Crippen LogP) is 3.49. The summed E-state index contributed by atoms with van der Waals surface area (Å²) in [5.41, 5.74) is 4.23. The number of para-hydroxylation sites is 1. The summed E-state index contributed by atoms with van der Waals surface area (Å²) in [4.78, 5) is 28.2. The molecule has 2 aromatic carbocycles. The second-order valence-electron chi connectivity index (χ2n) is 5.62. The smallest absolute Gasteiger partial charge is 0.338 e. The summed E-state index contributed by atoms with van der Waals surface area (Å²) < 4.78 is 10.2. The molecule has 1 amide bonds. The number of hydrogen-bond acceptors (Lipinski definition) is 5. The average Bonchev–Trinajstić information content (AvgIpc) is 3.09. The summed E-state index contributed by atoms with van der Waals surface area (Å²) in [7, 11) is 0. The van der Waals surface area contributed by atoms with Crippen molar-refractivity contribution in [2.24, 2.45) is 0 Å². The van der Waals surface area contributed by atoms with Crippen LogP contribution < -0.4 is 5.32 Å². The van der Waals surface area contributed by atoms with Crippen LogP contribution in [0.5, 0.6) is 0 Å². The zero-order valence-electron chi connectivity index (χ0n) is 14.0. The number of amides is 1. The van der Waals surface area contributed by atoms with Crippen molar-refractivity contribution in [3.05, 3.63) is 59.5 Å². The van der Waals surface area contributed by atoms with Crippen molar-refractivity contribution in [1.82, 2.24) is 4.98 Å². The van der Waals surface area contributed by atoms with Crippen molar-refractivity contribution in [3.8, 4) is 0 Å². The summed E-state index contributed by atoms with van der Waals surface area (Å²) in [6.07, 6.45) is 2.11. The molecular formula is C19H18N2O4. The quantitative estimate of drug-likeness (QED) is 0.720. The average molecular weight is 338 g/mol. The van der Waals surface area contributed by atoms with Crippen LogP contribution in [0.2, 0.25) is 0 Å². The number of ether oxygens (including phenoxy) is 1. The van der Waals surface area contributed by atoms with Crippen LogP contribution in [0.4, 0.5) is 5.69 Å². The van der Waals surface area contributed by atoms with Gasteiger partial charge in [-0.05, 0) is 42.7 Å². The molecule has 3 aromatic rings. The van der Waals surface area contributed by atoms with Crippen LogP contribution in [0, 0.1) is 6.92 Å². The Labute approximate surface area is 144 Å². The van der Waals surface area contributed by atoms with Crippen LogP contribution in [0.3, 0.4) is 0 Å². The lowest BCUT2D eigenvalue weighted by atomic mass is 10.1. The van der Waals surface area contributed by atoms with Gasteiger partial charge in [-0.15, -0.1) is 0 Å². The van der Waals surface area contributed by atoms with Crippen molar-refractivity contribution < 1.29 is 18.7 Å². The van der Waals surface area contributed by atoms with Gasteiger partial charge < -0.3 is 14.5 Å². The van der Waals surface area contributed by atoms with E-state index >= 15 is 0 Å². The van der Waals surface area contributed by atoms with Crippen molar-refractivity contribution in [1.29, 1.82) is 0 Å². The number of esters is 1. The number of carbonyl (C=O) groups excluding carboxylic acids is 2. The van der Waals surface area contributed by atoms with E-state index < -0.39 is 5.97 Å². The molecule has 6 nitrogen and oxygen atoms in total. The van der Waals surface area contributed by atoms with Gasteiger partial charge in [-0.1, -0.05) is 25.1 Å². The number of nitrogens with zero attached hydrogens (tertiary/aromatic N) is 1. The molecule has 1 N–H and O–H groups in total. The Bertz CT molecular complexity index is 930. The van der Waals surface area contributed by atoms with E-state index in [1.54, 1.807) is 18.2 Å². The molecule has 0 unspecified atom stereocenters. The molecule has 1 heterocycles. The fraction of sp³-hybridized carbons (Fsp3) is 0.211. The van der Waals surface area contributed by atoms with E-state index in [4.69, 9.17) is 9.15 Å². The van der Waals surface area contributed by atoms with E-state index in [1.165, 1.54) is 6.39 Å². The molecule has 0 saturated heterocycles. The third-order valence-corrected chi connectivity index (χ3v) is 3.91. The number of anilines is 1. The van der Waals surface area contributed by atoms with Gasteiger partial charge in [0.15, 0.2) is 18.6 Å². The zero-order chi connectivity index (χ0) is 17.8. The van der Waals surface area contributed by atoms with Crippen molar-refractivity contribution in [2.45, 2.75) is 20.3 Å². The minimum Gasteiger partial charge on any atom is -0.452 e. The number of aromatic nitrogens is 1. The van der Waals surface area contributed by atoms with E-state index in [9.17, 15) is 9.59 Å². The van der Waals surface area contributed by atoms with E-state index in [0.717, 1.165) is 23.2 Å². The summed E-state index contributed by atoms with van der Waals surface area (Å²) in [5.74, 6) is -0.966. The van der Waals surface area contributed by atoms with Crippen LogP contribution in [0.15, 0.2) is 47.2 Å². The Hall–Kier alpha value is -3.15. The van der Waals surface area contributed by atoms with Gasteiger partial charge in [0.05, 0.1) is 5.56 Å². The fourth-order valence-electron chi connectivity index (χ4n) is 2.57. The number of oxazole rings is 1. The van der Waals surface area contributed by atoms with E-state index in [0.29, 0.717) is 16.7 Å². The number of nitrogens with one attached hydrogen (secondary N) is 1. The molecule has 1 aromatic heterocycles. The van der Waals surface area contributed by atoms with Gasteiger partial charge in [-0.3, -0.25) is 4.79 Å². The number of rotatable bonds is 5.